The van der Waals surface area contributed by atoms with E-state index in [9.17, 15) is 9.18 Å². The second-order valence-corrected chi connectivity index (χ2v) is 9.47. The molecule has 0 fully saturated rings. The molecule has 0 amide bonds. The SMILES string of the molecule is CCOC(=O)c1cc(Cc2ccccc2)sc1NC(=S)Nc1ccn(Cc2c(F)cccc2Cl)n1. The summed E-state index contributed by atoms with van der Waals surface area (Å²) in [6.45, 7) is 2.21. The van der Waals surface area contributed by atoms with E-state index in [1.807, 2.05) is 36.4 Å². The Bertz CT molecular complexity index is 1320. The molecule has 4 aromatic rings. The van der Waals surface area contributed by atoms with Gasteiger partial charge in [0.25, 0.3) is 0 Å². The van der Waals surface area contributed by atoms with E-state index in [-0.39, 0.29) is 18.3 Å². The number of thiophene rings is 1. The third kappa shape index (κ3) is 6.45. The van der Waals surface area contributed by atoms with E-state index < -0.39 is 11.8 Å². The first-order chi connectivity index (χ1) is 16.9. The van der Waals surface area contributed by atoms with E-state index in [2.05, 4.69) is 15.7 Å². The van der Waals surface area contributed by atoms with Crippen molar-refractivity contribution in [1.82, 2.24) is 9.78 Å². The Hall–Kier alpha value is -3.27. The summed E-state index contributed by atoms with van der Waals surface area (Å²) in [5.41, 5.74) is 1.91. The van der Waals surface area contributed by atoms with Gasteiger partial charge in [0.05, 0.1) is 18.7 Å². The number of rotatable bonds is 8. The van der Waals surface area contributed by atoms with Crippen LogP contribution in [0.5, 0.6) is 0 Å². The number of thiocarbonyl (C=S) groups is 1. The van der Waals surface area contributed by atoms with Gasteiger partial charge in [-0.05, 0) is 42.9 Å². The van der Waals surface area contributed by atoms with Crippen molar-refractivity contribution in [3.63, 3.8) is 0 Å². The molecule has 0 atom stereocenters. The van der Waals surface area contributed by atoms with Crippen LogP contribution in [-0.4, -0.2) is 27.5 Å². The molecule has 4 rings (SSSR count). The highest BCUT2D eigenvalue weighted by Crippen LogP contribution is 2.31. The van der Waals surface area contributed by atoms with Crippen molar-refractivity contribution < 1.29 is 13.9 Å². The van der Waals surface area contributed by atoms with Crippen molar-refractivity contribution in [1.29, 1.82) is 0 Å². The third-order valence-corrected chi connectivity index (χ3v) is 6.60. The molecule has 35 heavy (non-hydrogen) atoms. The van der Waals surface area contributed by atoms with E-state index in [1.54, 1.807) is 36.0 Å². The maximum absolute atomic E-state index is 14.1. The Balaban J connectivity index is 1.46. The van der Waals surface area contributed by atoms with Gasteiger partial charge in [0.1, 0.15) is 10.8 Å². The average Bonchev–Trinajstić information content (AvgIpc) is 3.43. The highest BCUT2D eigenvalue weighted by Gasteiger charge is 2.19. The van der Waals surface area contributed by atoms with Crippen LogP contribution in [0.3, 0.4) is 0 Å². The zero-order chi connectivity index (χ0) is 24.8. The summed E-state index contributed by atoms with van der Waals surface area (Å²) in [6, 6.07) is 18.1. The van der Waals surface area contributed by atoms with Crippen LogP contribution >= 0.6 is 35.2 Å². The monoisotopic (exact) mass is 528 g/mol. The molecule has 0 aliphatic heterocycles. The second-order valence-electron chi connectivity index (χ2n) is 7.52. The predicted octanol–water partition coefficient (Wildman–Crippen LogP) is 6.36. The van der Waals surface area contributed by atoms with Gasteiger partial charge in [-0.2, -0.15) is 5.10 Å². The Morgan fingerprint density at radius 1 is 1.17 bits per heavy atom. The number of ether oxygens (including phenoxy) is 1. The fourth-order valence-electron chi connectivity index (χ4n) is 3.39. The second kappa shape index (κ2) is 11.4. The summed E-state index contributed by atoms with van der Waals surface area (Å²) in [5.74, 6) is -0.344. The highest BCUT2D eigenvalue weighted by molar-refractivity contribution is 7.80. The molecule has 0 unspecified atom stereocenters. The summed E-state index contributed by atoms with van der Waals surface area (Å²) in [7, 11) is 0. The molecule has 2 N–H and O–H groups in total. The lowest BCUT2D eigenvalue weighted by Gasteiger charge is -2.09. The van der Waals surface area contributed by atoms with E-state index in [4.69, 9.17) is 28.6 Å². The molecule has 10 heteroatoms. The number of nitrogens with one attached hydrogen (secondary N) is 2. The van der Waals surface area contributed by atoms with E-state index >= 15 is 0 Å². The van der Waals surface area contributed by atoms with E-state index in [1.165, 1.54) is 17.4 Å². The van der Waals surface area contributed by atoms with Crippen LogP contribution in [0, 0.1) is 5.82 Å². The van der Waals surface area contributed by atoms with Gasteiger partial charge in [0, 0.05) is 34.1 Å². The summed E-state index contributed by atoms with van der Waals surface area (Å²) < 4.78 is 20.9. The number of anilines is 2. The zero-order valence-electron chi connectivity index (χ0n) is 18.8. The van der Waals surface area contributed by atoms with Crippen LogP contribution in [0.2, 0.25) is 5.02 Å². The number of carbonyl (C=O) groups is 1. The Morgan fingerprint density at radius 2 is 1.97 bits per heavy atom. The van der Waals surface area contributed by atoms with Gasteiger partial charge in [-0.3, -0.25) is 4.68 Å². The number of carbonyl (C=O) groups excluding carboxylic acids is 1. The van der Waals surface area contributed by atoms with Gasteiger partial charge in [-0.1, -0.05) is 48.0 Å². The highest BCUT2D eigenvalue weighted by atomic mass is 35.5. The maximum Gasteiger partial charge on any atom is 0.341 e. The van der Waals surface area contributed by atoms with Gasteiger partial charge in [0.2, 0.25) is 0 Å². The number of halogens is 2. The number of nitrogens with zero attached hydrogens (tertiary/aromatic N) is 2. The number of benzene rings is 2. The molecule has 0 bridgehead atoms. The predicted molar refractivity (Wildman–Crippen MR) is 142 cm³/mol. The molecule has 2 heterocycles. The number of esters is 1. The van der Waals surface area contributed by atoms with Crippen LogP contribution < -0.4 is 10.6 Å². The molecule has 2 aromatic heterocycles. The van der Waals surface area contributed by atoms with Crippen molar-refractivity contribution in [2.75, 3.05) is 17.2 Å². The summed E-state index contributed by atoms with van der Waals surface area (Å²) in [5, 5.41) is 11.7. The first-order valence-electron chi connectivity index (χ1n) is 10.8. The maximum atomic E-state index is 14.1. The molecule has 0 saturated carbocycles. The van der Waals surface area contributed by atoms with Crippen LogP contribution in [0.1, 0.15) is 33.3 Å². The lowest BCUT2D eigenvalue weighted by molar-refractivity contribution is 0.0528. The topological polar surface area (TPSA) is 68.2 Å². The first kappa shape index (κ1) is 24.8. The molecule has 0 aliphatic carbocycles. The Labute approximate surface area is 216 Å². The minimum atomic E-state index is -0.417. The normalized spacial score (nSPS) is 10.7. The molecule has 0 aliphatic rings. The average molecular weight is 529 g/mol. The number of hydrogen-bond acceptors (Lipinski definition) is 5. The Kier molecular flexibility index (Phi) is 8.12. The molecule has 0 spiro atoms. The minimum Gasteiger partial charge on any atom is -0.462 e. The fourth-order valence-corrected chi connectivity index (χ4v) is 4.97. The first-order valence-corrected chi connectivity index (χ1v) is 12.4. The lowest BCUT2D eigenvalue weighted by atomic mass is 10.1. The van der Waals surface area contributed by atoms with Crippen molar-refractivity contribution in [2.24, 2.45) is 0 Å². The van der Waals surface area contributed by atoms with Crippen molar-refractivity contribution >= 4 is 57.1 Å². The van der Waals surface area contributed by atoms with Gasteiger partial charge in [-0.25, -0.2) is 9.18 Å². The van der Waals surface area contributed by atoms with Crippen LogP contribution in [0.4, 0.5) is 15.2 Å². The van der Waals surface area contributed by atoms with Crippen LogP contribution in [-0.2, 0) is 17.7 Å². The molecule has 0 radical (unpaired) electrons. The summed E-state index contributed by atoms with van der Waals surface area (Å²) in [4.78, 5) is 13.5. The molecule has 2 aromatic carbocycles. The van der Waals surface area contributed by atoms with Crippen LogP contribution in [0.15, 0.2) is 66.9 Å². The van der Waals surface area contributed by atoms with E-state index in [0.717, 1.165) is 10.4 Å². The molecule has 6 nitrogen and oxygen atoms in total. The van der Waals surface area contributed by atoms with Crippen LogP contribution in [0.25, 0.3) is 0 Å². The minimum absolute atomic E-state index is 0.175. The molecular weight excluding hydrogens is 507 g/mol. The molecule has 180 valence electrons. The Morgan fingerprint density at radius 3 is 2.71 bits per heavy atom. The zero-order valence-corrected chi connectivity index (χ0v) is 21.1. The van der Waals surface area contributed by atoms with Crippen molar-refractivity contribution in [3.8, 4) is 0 Å². The van der Waals surface area contributed by atoms with Gasteiger partial charge in [0.15, 0.2) is 10.9 Å². The fraction of sp³-hybridized carbons (Fsp3) is 0.160. The summed E-state index contributed by atoms with van der Waals surface area (Å²) >= 11 is 13.0. The standard InChI is InChI=1S/C25H22ClFN4O2S2/c1-2-33-24(32)18-14-17(13-16-7-4-3-5-8-16)35-23(18)29-25(34)28-22-11-12-31(30-22)15-19-20(26)9-6-10-21(19)27/h3-12,14H,2,13,15H2,1H3,(H2,28,29,30,34). The van der Waals surface area contributed by atoms with Crippen molar-refractivity contribution in [2.45, 2.75) is 19.9 Å². The van der Waals surface area contributed by atoms with E-state index in [0.29, 0.717) is 33.4 Å². The lowest BCUT2D eigenvalue weighted by Crippen LogP contribution is -2.20. The smallest absolute Gasteiger partial charge is 0.341 e. The molecule has 0 saturated heterocycles. The van der Waals surface area contributed by atoms with Crippen molar-refractivity contribution in [3.05, 3.63) is 99.3 Å². The molecular formula is C25H22ClFN4O2S2. The van der Waals surface area contributed by atoms with Gasteiger partial charge < -0.3 is 15.4 Å². The summed E-state index contributed by atoms with van der Waals surface area (Å²) in [6.07, 6.45) is 2.38. The number of hydrogen-bond donors (Lipinski definition) is 2. The quantitative estimate of drug-likeness (QED) is 0.205. The largest absolute Gasteiger partial charge is 0.462 e. The van der Waals surface area contributed by atoms with Gasteiger partial charge >= 0.3 is 5.97 Å². The van der Waals surface area contributed by atoms with Gasteiger partial charge in [-0.15, -0.1) is 11.3 Å². The number of aromatic nitrogens is 2. The third-order valence-electron chi connectivity index (χ3n) is 4.99.